The van der Waals surface area contributed by atoms with Crippen LogP contribution in [0, 0.1) is 0 Å². The fraction of sp³-hybridized carbons (Fsp3) is 0.375. The predicted molar refractivity (Wildman–Crippen MR) is 83.4 cm³/mol. The van der Waals surface area contributed by atoms with Crippen molar-refractivity contribution < 1.29 is 4.79 Å². The van der Waals surface area contributed by atoms with Crippen molar-refractivity contribution in [2.45, 2.75) is 32.2 Å². The van der Waals surface area contributed by atoms with Gasteiger partial charge in [0.05, 0.1) is 11.2 Å². The summed E-state index contributed by atoms with van der Waals surface area (Å²) in [6.07, 6.45) is 5.22. The highest BCUT2D eigenvalue weighted by Gasteiger charge is 2.26. The van der Waals surface area contributed by atoms with Crippen molar-refractivity contribution in [2.24, 2.45) is 5.73 Å². The highest BCUT2D eigenvalue weighted by Crippen LogP contribution is 2.15. The lowest BCUT2D eigenvalue weighted by Crippen LogP contribution is -2.52. The first-order valence-corrected chi connectivity index (χ1v) is 7.27. The normalized spacial score (nSPS) is 11.4. The van der Waals surface area contributed by atoms with Crippen LogP contribution < -0.4 is 11.1 Å². The van der Waals surface area contributed by atoms with Crippen LogP contribution in [-0.2, 0) is 0 Å². The Hall–Kier alpha value is -2.14. The van der Waals surface area contributed by atoms with Crippen molar-refractivity contribution in [3.8, 4) is 5.69 Å². The van der Waals surface area contributed by atoms with Gasteiger partial charge in [-0.1, -0.05) is 13.8 Å². The minimum atomic E-state index is -0.322. The Morgan fingerprint density at radius 1 is 1.29 bits per heavy atom. The second-order valence-corrected chi connectivity index (χ2v) is 5.14. The molecular formula is C16H22N4O. The van der Waals surface area contributed by atoms with E-state index >= 15 is 0 Å². The highest BCUT2D eigenvalue weighted by atomic mass is 16.1. The molecule has 0 saturated heterocycles. The Balaban J connectivity index is 2.13. The monoisotopic (exact) mass is 286 g/mol. The third-order valence-corrected chi connectivity index (χ3v) is 4.02. The van der Waals surface area contributed by atoms with Crippen molar-refractivity contribution in [1.82, 2.24) is 15.1 Å². The van der Waals surface area contributed by atoms with Gasteiger partial charge in [0.1, 0.15) is 0 Å². The van der Waals surface area contributed by atoms with E-state index in [1.807, 2.05) is 38.2 Å². The molecule has 1 heterocycles. The van der Waals surface area contributed by atoms with Gasteiger partial charge in [0.2, 0.25) is 0 Å². The lowest BCUT2D eigenvalue weighted by Gasteiger charge is -2.31. The van der Waals surface area contributed by atoms with Crippen molar-refractivity contribution >= 4 is 5.91 Å². The van der Waals surface area contributed by atoms with Gasteiger partial charge in [-0.15, -0.1) is 0 Å². The number of amides is 1. The average molecular weight is 286 g/mol. The zero-order valence-electron chi connectivity index (χ0n) is 12.5. The van der Waals surface area contributed by atoms with Crippen molar-refractivity contribution in [1.29, 1.82) is 0 Å². The SMILES string of the molecule is CCC(CC)(CN)NC(=O)c1ccc(-n2cccn2)cc1. The summed E-state index contributed by atoms with van der Waals surface area (Å²) >= 11 is 0. The van der Waals surface area contributed by atoms with E-state index in [2.05, 4.69) is 10.4 Å². The Kier molecular flexibility index (Phi) is 4.75. The second-order valence-electron chi connectivity index (χ2n) is 5.14. The molecule has 0 unspecified atom stereocenters. The summed E-state index contributed by atoms with van der Waals surface area (Å²) in [7, 11) is 0. The summed E-state index contributed by atoms with van der Waals surface area (Å²) in [5.41, 5.74) is 7.05. The van der Waals surface area contributed by atoms with E-state index in [-0.39, 0.29) is 11.4 Å². The van der Waals surface area contributed by atoms with Gasteiger partial charge in [-0.3, -0.25) is 4.79 Å². The predicted octanol–water partition coefficient (Wildman–Crippen LogP) is 2.12. The molecular weight excluding hydrogens is 264 g/mol. The number of aromatic nitrogens is 2. The van der Waals surface area contributed by atoms with E-state index in [4.69, 9.17) is 5.73 Å². The van der Waals surface area contributed by atoms with E-state index in [0.717, 1.165) is 18.5 Å². The zero-order valence-corrected chi connectivity index (χ0v) is 12.5. The fourth-order valence-electron chi connectivity index (χ4n) is 2.27. The quantitative estimate of drug-likeness (QED) is 0.854. The molecule has 5 heteroatoms. The summed E-state index contributed by atoms with van der Waals surface area (Å²) < 4.78 is 1.75. The van der Waals surface area contributed by atoms with Gasteiger partial charge in [0.25, 0.3) is 5.91 Å². The largest absolute Gasteiger partial charge is 0.345 e. The maximum absolute atomic E-state index is 12.3. The lowest BCUT2D eigenvalue weighted by molar-refractivity contribution is 0.0895. The van der Waals surface area contributed by atoms with E-state index in [9.17, 15) is 4.79 Å². The lowest BCUT2D eigenvalue weighted by atomic mass is 9.92. The summed E-state index contributed by atoms with van der Waals surface area (Å²) in [6.45, 7) is 4.52. The van der Waals surface area contributed by atoms with Gasteiger partial charge in [-0.05, 0) is 43.2 Å². The number of carbonyl (C=O) groups excluding carboxylic acids is 1. The van der Waals surface area contributed by atoms with Crippen LogP contribution in [0.5, 0.6) is 0 Å². The molecule has 0 bridgehead atoms. The Labute approximate surface area is 125 Å². The Morgan fingerprint density at radius 3 is 2.43 bits per heavy atom. The number of nitrogens with two attached hydrogens (primary N) is 1. The number of hydrogen-bond donors (Lipinski definition) is 2. The zero-order chi connectivity index (χ0) is 15.3. The molecule has 0 aliphatic rings. The first kappa shape index (κ1) is 15.3. The molecule has 1 aromatic carbocycles. The molecule has 2 rings (SSSR count). The number of rotatable bonds is 6. The highest BCUT2D eigenvalue weighted by molar-refractivity contribution is 5.94. The van der Waals surface area contributed by atoms with Gasteiger partial charge < -0.3 is 11.1 Å². The average Bonchev–Trinajstić information content (AvgIpc) is 3.07. The summed E-state index contributed by atoms with van der Waals surface area (Å²) in [6, 6.07) is 9.23. The summed E-state index contributed by atoms with van der Waals surface area (Å²) in [4.78, 5) is 12.3. The summed E-state index contributed by atoms with van der Waals surface area (Å²) in [5, 5.41) is 7.22. The third kappa shape index (κ3) is 3.31. The molecule has 0 fully saturated rings. The van der Waals surface area contributed by atoms with Crippen LogP contribution in [0.1, 0.15) is 37.0 Å². The van der Waals surface area contributed by atoms with Crippen LogP contribution in [0.2, 0.25) is 0 Å². The van der Waals surface area contributed by atoms with E-state index < -0.39 is 0 Å². The minimum Gasteiger partial charge on any atom is -0.345 e. The topological polar surface area (TPSA) is 72.9 Å². The minimum absolute atomic E-state index is 0.0869. The van der Waals surface area contributed by atoms with Crippen LogP contribution in [-0.4, -0.2) is 27.8 Å². The van der Waals surface area contributed by atoms with Gasteiger partial charge in [0.15, 0.2) is 0 Å². The molecule has 0 radical (unpaired) electrons. The number of nitrogens with zero attached hydrogens (tertiary/aromatic N) is 2. The molecule has 21 heavy (non-hydrogen) atoms. The van der Waals surface area contributed by atoms with E-state index in [1.165, 1.54) is 0 Å². The van der Waals surface area contributed by atoms with Crippen LogP contribution >= 0.6 is 0 Å². The maximum atomic E-state index is 12.3. The van der Waals surface area contributed by atoms with Crippen LogP contribution in [0.3, 0.4) is 0 Å². The molecule has 1 amide bonds. The molecule has 0 aliphatic heterocycles. The maximum Gasteiger partial charge on any atom is 0.251 e. The first-order valence-electron chi connectivity index (χ1n) is 7.27. The van der Waals surface area contributed by atoms with Gasteiger partial charge in [-0.25, -0.2) is 4.68 Å². The fourth-order valence-corrected chi connectivity index (χ4v) is 2.27. The number of nitrogens with one attached hydrogen (secondary N) is 1. The van der Waals surface area contributed by atoms with Gasteiger partial charge in [-0.2, -0.15) is 5.10 Å². The second kappa shape index (κ2) is 6.54. The Morgan fingerprint density at radius 2 is 1.95 bits per heavy atom. The number of benzene rings is 1. The van der Waals surface area contributed by atoms with Crippen LogP contribution in [0.25, 0.3) is 5.69 Å². The van der Waals surface area contributed by atoms with Crippen LogP contribution in [0.4, 0.5) is 0 Å². The van der Waals surface area contributed by atoms with Crippen molar-refractivity contribution in [3.05, 3.63) is 48.3 Å². The molecule has 0 aliphatic carbocycles. The molecule has 0 saturated carbocycles. The standard InChI is InChI=1S/C16H22N4O/c1-3-16(4-2,12-17)19-15(21)13-6-8-14(9-7-13)20-11-5-10-18-20/h5-11H,3-4,12,17H2,1-2H3,(H,19,21). The van der Waals surface area contributed by atoms with Gasteiger partial charge >= 0.3 is 0 Å². The number of hydrogen-bond acceptors (Lipinski definition) is 3. The van der Waals surface area contributed by atoms with Crippen molar-refractivity contribution in [3.63, 3.8) is 0 Å². The van der Waals surface area contributed by atoms with E-state index in [1.54, 1.807) is 23.0 Å². The number of carbonyl (C=O) groups is 1. The van der Waals surface area contributed by atoms with Crippen LogP contribution in [0.15, 0.2) is 42.7 Å². The molecule has 112 valence electrons. The molecule has 1 aromatic heterocycles. The smallest absolute Gasteiger partial charge is 0.251 e. The van der Waals surface area contributed by atoms with Gasteiger partial charge in [0, 0.05) is 24.5 Å². The summed E-state index contributed by atoms with van der Waals surface area (Å²) in [5.74, 6) is -0.0869. The molecule has 0 spiro atoms. The van der Waals surface area contributed by atoms with E-state index in [0.29, 0.717) is 12.1 Å². The molecule has 2 aromatic rings. The third-order valence-electron chi connectivity index (χ3n) is 4.02. The molecule has 3 N–H and O–H groups in total. The first-order chi connectivity index (χ1) is 10.1. The van der Waals surface area contributed by atoms with Crippen molar-refractivity contribution in [2.75, 3.05) is 6.54 Å². The molecule has 0 atom stereocenters. The molecule has 5 nitrogen and oxygen atoms in total. The Bertz CT molecular complexity index is 563.